The van der Waals surface area contributed by atoms with Gasteiger partial charge in [-0.15, -0.1) is 0 Å². The average molecular weight is 783 g/mol. The minimum Gasteiger partial charge on any atom is -0.493 e. The number of Topliss-reactive ketones (excluding diaryl/α,β-unsaturated/α-hetero) is 1. The number of hydrogen-bond acceptors (Lipinski definition) is 9. The number of ketones is 1. The number of benzene rings is 3. The molecule has 55 heavy (non-hydrogen) atoms. The quantitative estimate of drug-likeness (QED) is 0.121. The number of pyridine rings is 1. The molecule has 0 radical (unpaired) electrons. The van der Waals surface area contributed by atoms with Crippen LogP contribution in [0.3, 0.4) is 0 Å². The van der Waals surface area contributed by atoms with Crippen LogP contribution in [-0.2, 0) is 44.4 Å². The topological polar surface area (TPSA) is 129 Å². The molecule has 0 saturated heterocycles. The number of aromatic nitrogens is 3. The maximum absolute atomic E-state index is 13.7. The Morgan fingerprint density at radius 3 is 2.40 bits per heavy atom. The van der Waals surface area contributed by atoms with Gasteiger partial charge >= 0.3 is 6.09 Å². The Bertz CT molecular complexity index is 2310. The van der Waals surface area contributed by atoms with E-state index >= 15 is 0 Å². The summed E-state index contributed by atoms with van der Waals surface area (Å²) in [5.74, 6) is 1.40. The summed E-state index contributed by atoms with van der Waals surface area (Å²) >= 11 is 13.6. The van der Waals surface area contributed by atoms with Gasteiger partial charge in [0, 0.05) is 67.8 Å². The zero-order valence-electron chi connectivity index (χ0n) is 31.5. The predicted octanol–water partition coefficient (Wildman–Crippen LogP) is 8.85. The molecule has 13 heteroatoms. The number of methoxy groups -OCH3 is 1. The Morgan fingerprint density at radius 2 is 1.67 bits per heavy atom. The molecule has 5 aromatic rings. The molecule has 0 spiro atoms. The van der Waals surface area contributed by atoms with Gasteiger partial charge in [-0.1, -0.05) is 59.6 Å². The summed E-state index contributed by atoms with van der Waals surface area (Å²) in [6, 6.07) is 18.6. The van der Waals surface area contributed by atoms with Gasteiger partial charge in [-0.3, -0.25) is 9.78 Å². The third-order valence-electron chi connectivity index (χ3n) is 9.24. The van der Waals surface area contributed by atoms with Crippen LogP contribution >= 0.6 is 23.2 Å². The summed E-state index contributed by atoms with van der Waals surface area (Å²) in [5.41, 5.74) is 6.38. The molecule has 0 aliphatic carbocycles. The van der Waals surface area contributed by atoms with Crippen molar-refractivity contribution in [3.8, 4) is 34.4 Å². The van der Waals surface area contributed by atoms with Crippen molar-refractivity contribution in [2.24, 2.45) is 7.05 Å². The van der Waals surface area contributed by atoms with Crippen molar-refractivity contribution in [3.05, 3.63) is 122 Å². The van der Waals surface area contributed by atoms with Crippen molar-refractivity contribution < 1.29 is 28.5 Å². The SMILES string of the molecule is COc1cc(Cl)c(OCc2cccc(-c3cccc(CC(=O)c4nc5c(n4C)CCN(C(=O)OC(C)(C)C)C5)c3Cl)c2C)cc1OCc1cncc(C#N)c1. The second-order valence-electron chi connectivity index (χ2n) is 14.2. The fourth-order valence-corrected chi connectivity index (χ4v) is 6.91. The van der Waals surface area contributed by atoms with E-state index < -0.39 is 11.7 Å². The number of ether oxygens (including phenoxy) is 4. The maximum atomic E-state index is 13.7. The molecule has 0 N–H and O–H groups in total. The van der Waals surface area contributed by atoms with E-state index in [0.29, 0.717) is 62.9 Å². The lowest BCUT2D eigenvalue weighted by atomic mass is 9.94. The van der Waals surface area contributed by atoms with Gasteiger partial charge in [0.25, 0.3) is 0 Å². The van der Waals surface area contributed by atoms with Crippen LogP contribution in [0.4, 0.5) is 4.79 Å². The molecular weight excluding hydrogens is 741 g/mol. The van der Waals surface area contributed by atoms with E-state index in [1.165, 1.54) is 13.3 Å². The van der Waals surface area contributed by atoms with E-state index in [2.05, 4.69) is 16.0 Å². The molecule has 3 aromatic carbocycles. The van der Waals surface area contributed by atoms with Crippen LogP contribution in [0.1, 0.15) is 70.6 Å². The van der Waals surface area contributed by atoms with Crippen molar-refractivity contribution in [2.75, 3.05) is 13.7 Å². The molecule has 0 fully saturated rings. The number of hydrogen-bond donors (Lipinski definition) is 0. The zero-order valence-corrected chi connectivity index (χ0v) is 33.0. The normalized spacial score (nSPS) is 12.5. The second kappa shape index (κ2) is 16.4. The van der Waals surface area contributed by atoms with Crippen molar-refractivity contribution in [2.45, 2.75) is 65.9 Å². The minimum absolute atomic E-state index is 0.0503. The van der Waals surface area contributed by atoms with Crippen LogP contribution in [0.25, 0.3) is 11.1 Å². The van der Waals surface area contributed by atoms with Gasteiger partial charge < -0.3 is 28.4 Å². The third-order valence-corrected chi connectivity index (χ3v) is 9.98. The lowest BCUT2D eigenvalue weighted by Crippen LogP contribution is -2.40. The Kier molecular flexibility index (Phi) is 11.7. The van der Waals surface area contributed by atoms with Crippen LogP contribution < -0.4 is 14.2 Å². The number of fused-ring (bicyclic) bond motifs is 1. The summed E-state index contributed by atoms with van der Waals surface area (Å²) in [6.45, 7) is 8.60. The van der Waals surface area contributed by atoms with Gasteiger partial charge in [-0.25, -0.2) is 9.78 Å². The standard InChI is InChI=1S/C42H41Cl2N5O6/c1-25-29(24-54-36-18-38(37(52-6)17-32(36)43)53-23-27-15-26(19-45)20-46-21-27)10-8-11-30(25)31-12-7-9-28(39(31)44)16-35(50)40-47-33-22-49(14-13-34(33)48(40)5)41(51)55-42(2,3)4/h7-12,15,17-18,20-21H,13-14,16,22-24H2,1-6H3. The highest BCUT2D eigenvalue weighted by Crippen LogP contribution is 2.39. The summed E-state index contributed by atoms with van der Waals surface area (Å²) in [6.07, 6.45) is 3.34. The fourth-order valence-electron chi connectivity index (χ4n) is 6.41. The predicted molar refractivity (Wildman–Crippen MR) is 209 cm³/mol. The molecule has 6 rings (SSSR count). The molecule has 284 valence electrons. The summed E-state index contributed by atoms with van der Waals surface area (Å²) in [5, 5.41) is 10.0. The highest BCUT2D eigenvalue weighted by atomic mass is 35.5. The van der Waals surface area contributed by atoms with E-state index in [1.54, 1.807) is 29.3 Å². The van der Waals surface area contributed by atoms with E-state index in [-0.39, 0.29) is 32.0 Å². The van der Waals surface area contributed by atoms with E-state index in [0.717, 1.165) is 33.5 Å². The third kappa shape index (κ3) is 8.88. The minimum atomic E-state index is -0.607. The number of carbonyl (C=O) groups is 2. The summed E-state index contributed by atoms with van der Waals surface area (Å²) in [7, 11) is 3.36. The largest absolute Gasteiger partial charge is 0.493 e. The van der Waals surface area contributed by atoms with Crippen LogP contribution in [0.15, 0.2) is 67.0 Å². The number of halogens is 2. The van der Waals surface area contributed by atoms with E-state index in [9.17, 15) is 14.9 Å². The number of rotatable bonds is 11. The van der Waals surface area contributed by atoms with Crippen LogP contribution in [0.5, 0.6) is 17.2 Å². The Balaban J connectivity index is 1.17. The first-order valence-electron chi connectivity index (χ1n) is 17.6. The lowest BCUT2D eigenvalue weighted by Gasteiger charge is -2.29. The molecule has 0 saturated carbocycles. The Hall–Kier alpha value is -5.57. The molecule has 0 atom stereocenters. The maximum Gasteiger partial charge on any atom is 0.410 e. The zero-order chi connectivity index (χ0) is 39.4. The van der Waals surface area contributed by atoms with Gasteiger partial charge in [0.05, 0.1) is 35.0 Å². The van der Waals surface area contributed by atoms with Crippen LogP contribution in [0.2, 0.25) is 10.0 Å². The molecule has 0 unspecified atom stereocenters. The van der Waals surface area contributed by atoms with Crippen molar-refractivity contribution in [1.29, 1.82) is 5.26 Å². The molecule has 1 aliphatic rings. The van der Waals surface area contributed by atoms with E-state index in [1.807, 2.05) is 75.7 Å². The van der Waals surface area contributed by atoms with Gasteiger partial charge in [0.15, 0.2) is 17.3 Å². The molecule has 0 bridgehead atoms. The average Bonchev–Trinajstić information content (AvgIpc) is 3.49. The lowest BCUT2D eigenvalue weighted by molar-refractivity contribution is 0.0220. The highest BCUT2D eigenvalue weighted by Gasteiger charge is 2.30. The summed E-state index contributed by atoms with van der Waals surface area (Å²) in [4.78, 5) is 36.8. The van der Waals surface area contributed by atoms with Crippen molar-refractivity contribution in [1.82, 2.24) is 19.4 Å². The van der Waals surface area contributed by atoms with Gasteiger partial charge in [0.1, 0.15) is 30.6 Å². The molecule has 3 heterocycles. The first-order valence-corrected chi connectivity index (χ1v) is 18.4. The van der Waals surface area contributed by atoms with Gasteiger partial charge in [-0.2, -0.15) is 5.26 Å². The molecule has 1 aliphatic heterocycles. The second-order valence-corrected chi connectivity index (χ2v) is 15.0. The number of amides is 1. The van der Waals surface area contributed by atoms with E-state index in [4.69, 9.17) is 42.1 Å². The van der Waals surface area contributed by atoms with Gasteiger partial charge in [-0.05, 0) is 56.0 Å². The Morgan fingerprint density at radius 1 is 0.945 bits per heavy atom. The first-order chi connectivity index (χ1) is 26.3. The molecule has 1 amide bonds. The van der Waals surface area contributed by atoms with Crippen LogP contribution in [0, 0.1) is 18.3 Å². The number of nitrogens with zero attached hydrogens (tertiary/aromatic N) is 5. The highest BCUT2D eigenvalue weighted by molar-refractivity contribution is 6.34. The van der Waals surface area contributed by atoms with Crippen molar-refractivity contribution in [3.63, 3.8) is 0 Å². The molecule has 11 nitrogen and oxygen atoms in total. The smallest absolute Gasteiger partial charge is 0.410 e. The van der Waals surface area contributed by atoms with Crippen LogP contribution in [-0.4, -0.2) is 50.6 Å². The Labute approximate surface area is 330 Å². The number of imidazole rings is 1. The van der Waals surface area contributed by atoms with Gasteiger partial charge in [0.2, 0.25) is 5.78 Å². The monoisotopic (exact) mass is 781 g/mol. The number of carbonyl (C=O) groups excluding carboxylic acids is 2. The first kappa shape index (κ1) is 39.1. The molecule has 2 aromatic heterocycles. The number of nitriles is 1. The molecular formula is C42H41Cl2N5O6. The fraction of sp³-hybridized carbons (Fsp3) is 0.310. The summed E-state index contributed by atoms with van der Waals surface area (Å²) < 4.78 is 25.1. The van der Waals surface area contributed by atoms with Crippen molar-refractivity contribution >= 4 is 35.1 Å².